The Bertz CT molecular complexity index is 516. The van der Waals surface area contributed by atoms with E-state index in [0.29, 0.717) is 0 Å². The van der Waals surface area contributed by atoms with Crippen molar-refractivity contribution in [2.45, 2.75) is 64.8 Å². The molecule has 24 heavy (non-hydrogen) atoms. The maximum Gasteiger partial charge on any atom is 0.223 e. The van der Waals surface area contributed by atoms with Gasteiger partial charge in [0, 0.05) is 24.4 Å². The van der Waals surface area contributed by atoms with E-state index in [0.717, 1.165) is 49.9 Å². The number of likely N-dealkylation sites (tertiary alicyclic amines) is 1. The van der Waals surface area contributed by atoms with Crippen LogP contribution in [-0.4, -0.2) is 35.4 Å². The van der Waals surface area contributed by atoms with E-state index in [1.165, 1.54) is 44.2 Å². The highest BCUT2D eigenvalue weighted by atomic mass is 32.1. The summed E-state index contributed by atoms with van der Waals surface area (Å²) < 4.78 is 0. The van der Waals surface area contributed by atoms with Gasteiger partial charge < -0.3 is 5.32 Å². The van der Waals surface area contributed by atoms with Crippen LogP contribution in [0.15, 0.2) is 5.38 Å². The quantitative estimate of drug-likeness (QED) is 0.851. The molecule has 2 fully saturated rings. The van der Waals surface area contributed by atoms with Crippen molar-refractivity contribution in [1.82, 2.24) is 15.2 Å². The molecule has 1 aromatic rings. The topological polar surface area (TPSA) is 45.2 Å². The van der Waals surface area contributed by atoms with Gasteiger partial charge in [-0.1, -0.05) is 32.1 Å². The minimum atomic E-state index is 0.213. The van der Waals surface area contributed by atoms with Crippen LogP contribution in [0.2, 0.25) is 0 Å². The van der Waals surface area contributed by atoms with Gasteiger partial charge in [0.05, 0.1) is 10.7 Å². The lowest BCUT2D eigenvalue weighted by atomic mass is 9.87. The molecule has 1 aromatic heterocycles. The summed E-state index contributed by atoms with van der Waals surface area (Å²) in [7, 11) is 0. The molecule has 0 radical (unpaired) electrons. The molecule has 0 bridgehead atoms. The maximum atomic E-state index is 12.4. The average Bonchev–Trinajstić information content (AvgIpc) is 3.01. The third kappa shape index (κ3) is 5.28. The second kappa shape index (κ2) is 8.95. The summed E-state index contributed by atoms with van der Waals surface area (Å²) in [6.45, 7) is 5.88. The van der Waals surface area contributed by atoms with E-state index in [4.69, 9.17) is 0 Å². The first-order valence-electron chi connectivity index (χ1n) is 9.62. The van der Waals surface area contributed by atoms with Crippen molar-refractivity contribution in [2.24, 2.45) is 11.8 Å². The number of amides is 1. The number of hydrogen-bond donors (Lipinski definition) is 1. The molecule has 1 amide bonds. The zero-order chi connectivity index (χ0) is 16.8. The van der Waals surface area contributed by atoms with Gasteiger partial charge in [0.2, 0.25) is 5.91 Å². The zero-order valence-corrected chi connectivity index (χ0v) is 15.7. The number of aryl methyl sites for hydroxylation is 1. The third-order valence-corrected chi connectivity index (χ3v) is 6.41. The van der Waals surface area contributed by atoms with Gasteiger partial charge in [-0.25, -0.2) is 4.98 Å². The molecule has 1 saturated heterocycles. The first-order valence-corrected chi connectivity index (χ1v) is 10.5. The predicted molar refractivity (Wildman–Crippen MR) is 99.1 cm³/mol. The second-order valence-corrected chi connectivity index (χ2v) is 8.55. The lowest BCUT2D eigenvalue weighted by Crippen LogP contribution is -2.40. The van der Waals surface area contributed by atoms with E-state index >= 15 is 0 Å². The highest BCUT2D eigenvalue weighted by Crippen LogP contribution is 2.26. The summed E-state index contributed by atoms with van der Waals surface area (Å²) in [5.74, 6) is 1.35. The van der Waals surface area contributed by atoms with Crippen LogP contribution in [0.5, 0.6) is 0 Å². The smallest absolute Gasteiger partial charge is 0.223 e. The lowest BCUT2D eigenvalue weighted by molar-refractivity contribution is -0.126. The zero-order valence-electron chi connectivity index (χ0n) is 14.9. The molecule has 0 aromatic carbocycles. The van der Waals surface area contributed by atoms with Gasteiger partial charge in [-0.3, -0.25) is 9.69 Å². The van der Waals surface area contributed by atoms with Crippen LogP contribution in [0.1, 0.15) is 62.1 Å². The summed E-state index contributed by atoms with van der Waals surface area (Å²) >= 11 is 1.72. The van der Waals surface area contributed by atoms with Crippen LogP contribution >= 0.6 is 11.3 Å². The van der Waals surface area contributed by atoms with Crippen LogP contribution < -0.4 is 5.32 Å². The summed E-state index contributed by atoms with van der Waals surface area (Å²) in [6, 6.07) is 0. The molecule has 0 unspecified atom stereocenters. The minimum absolute atomic E-state index is 0.213. The molecular weight excluding hydrogens is 318 g/mol. The van der Waals surface area contributed by atoms with E-state index in [-0.39, 0.29) is 11.8 Å². The second-order valence-electron chi connectivity index (χ2n) is 7.49. The Morgan fingerprint density at radius 1 is 1.25 bits per heavy atom. The molecule has 2 aliphatic rings. The van der Waals surface area contributed by atoms with Crippen molar-refractivity contribution in [3.05, 3.63) is 16.1 Å². The Morgan fingerprint density at radius 2 is 2.00 bits per heavy atom. The fraction of sp³-hybridized carbons (Fsp3) is 0.789. The van der Waals surface area contributed by atoms with Gasteiger partial charge in [-0.15, -0.1) is 11.3 Å². The van der Waals surface area contributed by atoms with Crippen LogP contribution in [0.3, 0.4) is 0 Å². The Kier molecular flexibility index (Phi) is 6.67. The Labute approximate surface area is 150 Å². The minimum Gasteiger partial charge on any atom is -0.356 e. The Hall–Kier alpha value is -0.940. The van der Waals surface area contributed by atoms with Crippen molar-refractivity contribution in [1.29, 1.82) is 0 Å². The van der Waals surface area contributed by atoms with E-state index in [1.54, 1.807) is 11.3 Å². The van der Waals surface area contributed by atoms with Crippen LogP contribution in [0.25, 0.3) is 0 Å². The molecule has 1 aliphatic heterocycles. The first-order chi connectivity index (χ1) is 11.7. The summed E-state index contributed by atoms with van der Waals surface area (Å²) in [5, 5.41) is 6.49. The molecule has 1 aliphatic carbocycles. The number of hydrogen-bond acceptors (Lipinski definition) is 4. The van der Waals surface area contributed by atoms with Crippen molar-refractivity contribution < 1.29 is 4.79 Å². The summed E-state index contributed by atoms with van der Waals surface area (Å²) in [4.78, 5) is 19.3. The van der Waals surface area contributed by atoms with Crippen LogP contribution in [0.4, 0.5) is 0 Å². The molecule has 134 valence electrons. The Morgan fingerprint density at radius 3 is 2.67 bits per heavy atom. The number of rotatable bonds is 6. The highest BCUT2D eigenvalue weighted by molar-refractivity contribution is 7.09. The predicted octanol–water partition coefficient (Wildman–Crippen LogP) is 3.75. The number of thiazole rings is 1. The molecule has 3 rings (SSSR count). The van der Waals surface area contributed by atoms with E-state index in [1.807, 2.05) is 0 Å². The van der Waals surface area contributed by atoms with Gasteiger partial charge in [0.25, 0.3) is 0 Å². The van der Waals surface area contributed by atoms with Gasteiger partial charge in [0.1, 0.15) is 0 Å². The molecule has 2 heterocycles. The maximum absolute atomic E-state index is 12.4. The summed E-state index contributed by atoms with van der Waals surface area (Å²) in [5.41, 5.74) is 1.17. The summed E-state index contributed by atoms with van der Waals surface area (Å²) in [6.07, 6.45) is 10.0. The highest BCUT2D eigenvalue weighted by Gasteiger charge is 2.25. The van der Waals surface area contributed by atoms with Crippen molar-refractivity contribution in [2.75, 3.05) is 19.6 Å². The molecule has 0 spiro atoms. The van der Waals surface area contributed by atoms with Gasteiger partial charge >= 0.3 is 0 Å². The Balaban J connectivity index is 1.32. The molecule has 1 saturated carbocycles. The fourth-order valence-electron chi connectivity index (χ4n) is 4.08. The fourth-order valence-corrected chi connectivity index (χ4v) is 4.69. The number of carbonyl (C=O) groups is 1. The lowest BCUT2D eigenvalue weighted by Gasteiger charge is -2.31. The molecule has 1 N–H and O–H groups in total. The van der Waals surface area contributed by atoms with E-state index in [9.17, 15) is 4.79 Å². The monoisotopic (exact) mass is 349 g/mol. The standard InChI is InChI=1S/C19H31N3OS/c1-15-21-18(14-24-15)13-22-11-8-17(9-12-22)19(23)20-10-7-16-5-3-2-4-6-16/h14,16-17H,2-13H2,1H3,(H,20,23). The van der Waals surface area contributed by atoms with E-state index in [2.05, 4.69) is 27.5 Å². The van der Waals surface area contributed by atoms with Gasteiger partial charge in [-0.2, -0.15) is 0 Å². The SMILES string of the molecule is Cc1nc(CN2CCC(C(=O)NCCC3CCCCC3)CC2)cs1. The molecular formula is C19H31N3OS. The van der Waals surface area contributed by atoms with Crippen molar-refractivity contribution >= 4 is 17.2 Å². The molecule has 5 heteroatoms. The number of nitrogens with zero attached hydrogens (tertiary/aromatic N) is 2. The van der Waals surface area contributed by atoms with Gasteiger partial charge in [0.15, 0.2) is 0 Å². The number of aromatic nitrogens is 1. The third-order valence-electron chi connectivity index (χ3n) is 5.59. The van der Waals surface area contributed by atoms with Crippen molar-refractivity contribution in [3.63, 3.8) is 0 Å². The van der Waals surface area contributed by atoms with E-state index < -0.39 is 0 Å². The first kappa shape index (κ1) is 17.9. The largest absolute Gasteiger partial charge is 0.356 e. The average molecular weight is 350 g/mol. The normalized spacial score (nSPS) is 21.0. The van der Waals surface area contributed by atoms with Crippen LogP contribution in [0, 0.1) is 18.8 Å². The van der Waals surface area contributed by atoms with Crippen LogP contribution in [-0.2, 0) is 11.3 Å². The number of nitrogens with one attached hydrogen (secondary N) is 1. The number of piperidine rings is 1. The molecule has 0 atom stereocenters. The van der Waals surface area contributed by atoms with Crippen molar-refractivity contribution in [3.8, 4) is 0 Å². The number of carbonyl (C=O) groups excluding carboxylic acids is 1. The molecule has 4 nitrogen and oxygen atoms in total. The van der Waals surface area contributed by atoms with Gasteiger partial charge in [-0.05, 0) is 45.2 Å².